The van der Waals surface area contributed by atoms with Crippen molar-refractivity contribution >= 4 is 45.0 Å². The predicted octanol–water partition coefficient (Wildman–Crippen LogP) is 5.40. The number of nitrogens with zero attached hydrogens (tertiary/aromatic N) is 2. The lowest BCUT2D eigenvalue weighted by molar-refractivity contribution is -0.133. The predicted molar refractivity (Wildman–Crippen MR) is 133 cm³/mol. The Kier molecular flexibility index (Phi) is 5.51. The van der Waals surface area contributed by atoms with Crippen molar-refractivity contribution in [2.24, 2.45) is 0 Å². The van der Waals surface area contributed by atoms with Crippen molar-refractivity contribution in [1.29, 1.82) is 0 Å². The van der Waals surface area contributed by atoms with Crippen LogP contribution in [0.3, 0.4) is 0 Å². The van der Waals surface area contributed by atoms with E-state index in [1.807, 2.05) is 72.3 Å². The molecular formula is C26H24ClN3O2S. The second-order valence-corrected chi connectivity index (χ2v) is 10.1. The van der Waals surface area contributed by atoms with Crippen LogP contribution in [0.15, 0.2) is 66.0 Å². The maximum atomic E-state index is 13.7. The number of nitrogens with one attached hydrogen (secondary N) is 1. The summed E-state index contributed by atoms with van der Waals surface area (Å²) in [5, 5.41) is 6.75. The fraction of sp³-hybridized carbons (Fsp3) is 0.231. The van der Waals surface area contributed by atoms with Crippen LogP contribution in [0.4, 0.5) is 0 Å². The maximum Gasteiger partial charge on any atom is 0.271 e. The number of hydrogen-bond donors (Lipinski definition) is 1. The van der Waals surface area contributed by atoms with E-state index in [9.17, 15) is 9.59 Å². The van der Waals surface area contributed by atoms with Crippen LogP contribution in [0.2, 0.25) is 5.02 Å². The first kappa shape index (κ1) is 21.7. The van der Waals surface area contributed by atoms with Gasteiger partial charge < -0.3 is 14.8 Å². The second kappa shape index (κ2) is 8.36. The molecule has 0 radical (unpaired) electrons. The Morgan fingerprint density at radius 2 is 1.79 bits per heavy atom. The summed E-state index contributed by atoms with van der Waals surface area (Å²) in [4.78, 5) is 30.1. The fourth-order valence-electron chi connectivity index (χ4n) is 4.36. The number of aryl methyl sites for hydroxylation is 1. The van der Waals surface area contributed by atoms with Crippen LogP contribution >= 0.6 is 22.9 Å². The number of carbonyl (C=O) groups is 2. The number of rotatable bonds is 5. The second-order valence-electron chi connectivity index (χ2n) is 8.76. The number of halogens is 1. The first-order valence-corrected chi connectivity index (χ1v) is 12.1. The van der Waals surface area contributed by atoms with Gasteiger partial charge in [-0.25, -0.2) is 0 Å². The Hall–Kier alpha value is -3.09. The molecule has 5 rings (SSSR count). The Bertz CT molecular complexity index is 1340. The van der Waals surface area contributed by atoms with Gasteiger partial charge in [-0.1, -0.05) is 53.6 Å². The van der Waals surface area contributed by atoms with E-state index < -0.39 is 5.54 Å². The van der Waals surface area contributed by atoms with Crippen LogP contribution in [0.1, 0.15) is 34.1 Å². The average Bonchev–Trinajstić information content (AvgIpc) is 3.40. The molecular weight excluding hydrogens is 454 g/mol. The van der Waals surface area contributed by atoms with Gasteiger partial charge in [0, 0.05) is 23.5 Å². The van der Waals surface area contributed by atoms with Crippen LogP contribution in [0, 0.1) is 6.92 Å². The van der Waals surface area contributed by atoms with Crippen molar-refractivity contribution in [2.45, 2.75) is 39.0 Å². The number of amides is 2. The Balaban J connectivity index is 1.49. The molecule has 5 nitrogen and oxygen atoms in total. The zero-order chi connectivity index (χ0) is 23.2. The van der Waals surface area contributed by atoms with Crippen LogP contribution in [-0.4, -0.2) is 26.8 Å². The van der Waals surface area contributed by atoms with E-state index in [1.165, 1.54) is 0 Å². The van der Waals surface area contributed by atoms with Gasteiger partial charge in [0.2, 0.25) is 5.91 Å². The molecule has 2 aromatic carbocycles. The smallest absolute Gasteiger partial charge is 0.271 e. The largest absolute Gasteiger partial charge is 0.350 e. The van der Waals surface area contributed by atoms with Gasteiger partial charge in [-0.05, 0) is 54.6 Å². The maximum absolute atomic E-state index is 13.7. The number of thiophene rings is 1. The van der Waals surface area contributed by atoms with Crippen LogP contribution in [-0.2, 0) is 24.4 Å². The molecule has 0 aliphatic carbocycles. The van der Waals surface area contributed by atoms with Crippen LogP contribution < -0.4 is 5.32 Å². The van der Waals surface area contributed by atoms with Gasteiger partial charge in [-0.3, -0.25) is 9.59 Å². The van der Waals surface area contributed by atoms with Gasteiger partial charge in [0.25, 0.3) is 5.91 Å². The van der Waals surface area contributed by atoms with Crippen molar-refractivity contribution in [1.82, 2.24) is 14.8 Å². The lowest BCUT2D eigenvalue weighted by atomic mass is 9.93. The Morgan fingerprint density at radius 1 is 1.09 bits per heavy atom. The number of hydrogen-bond acceptors (Lipinski definition) is 3. The molecule has 4 aromatic rings. The summed E-state index contributed by atoms with van der Waals surface area (Å²) in [6.45, 7) is 5.02. The molecule has 0 fully saturated rings. The zero-order valence-corrected chi connectivity index (χ0v) is 20.0. The highest BCUT2D eigenvalue weighted by Crippen LogP contribution is 2.35. The summed E-state index contributed by atoms with van der Waals surface area (Å²) < 4.78 is 2.00. The summed E-state index contributed by atoms with van der Waals surface area (Å²) >= 11 is 7.57. The minimum atomic E-state index is -1.04. The standard InChI is InChI=1S/C26H24ClN3O2S/c1-17-3-5-19(6-4-17)15-30-23(31)22-13-20-11-12-33-24(20)29(22)16-26(30,2)25(32)28-14-18-7-9-21(27)10-8-18/h3-13H,14-16H2,1-2H3,(H,28,32). The van der Waals surface area contributed by atoms with Gasteiger partial charge in [0.15, 0.2) is 0 Å². The third-order valence-electron chi connectivity index (χ3n) is 6.35. The monoisotopic (exact) mass is 477 g/mol. The van der Waals surface area contributed by atoms with E-state index in [1.54, 1.807) is 28.4 Å². The summed E-state index contributed by atoms with van der Waals surface area (Å²) in [6, 6.07) is 19.4. The lowest BCUT2D eigenvalue weighted by Crippen LogP contribution is -2.63. The summed E-state index contributed by atoms with van der Waals surface area (Å²) in [7, 11) is 0. The summed E-state index contributed by atoms with van der Waals surface area (Å²) in [5.41, 5.74) is 2.68. The van der Waals surface area contributed by atoms with Gasteiger partial charge in [-0.15, -0.1) is 11.3 Å². The third-order valence-corrected chi connectivity index (χ3v) is 7.55. The molecule has 7 heteroatoms. The average molecular weight is 478 g/mol. The molecule has 0 saturated carbocycles. The Labute approximate surface area is 201 Å². The molecule has 0 saturated heterocycles. The highest BCUT2D eigenvalue weighted by molar-refractivity contribution is 7.16. The Morgan fingerprint density at radius 3 is 2.52 bits per heavy atom. The van der Waals surface area contributed by atoms with Crippen molar-refractivity contribution < 1.29 is 9.59 Å². The van der Waals surface area contributed by atoms with Crippen LogP contribution in [0.25, 0.3) is 10.2 Å². The lowest BCUT2D eigenvalue weighted by Gasteiger charge is -2.44. The zero-order valence-electron chi connectivity index (χ0n) is 18.5. The van der Waals surface area contributed by atoms with E-state index in [4.69, 9.17) is 11.6 Å². The molecule has 1 aliphatic rings. The molecule has 2 aromatic heterocycles. The van der Waals surface area contributed by atoms with E-state index in [0.29, 0.717) is 30.4 Å². The van der Waals surface area contributed by atoms with Crippen molar-refractivity contribution in [3.63, 3.8) is 0 Å². The van der Waals surface area contributed by atoms with E-state index in [2.05, 4.69) is 5.32 Å². The van der Waals surface area contributed by atoms with Crippen molar-refractivity contribution in [3.8, 4) is 0 Å². The van der Waals surface area contributed by atoms with Gasteiger partial charge in [-0.2, -0.15) is 0 Å². The number of aromatic nitrogens is 1. The SMILES string of the molecule is Cc1ccc(CN2C(=O)c3cc4ccsc4n3CC2(C)C(=O)NCc2ccc(Cl)cc2)cc1. The molecule has 0 bridgehead atoms. The highest BCUT2D eigenvalue weighted by atomic mass is 35.5. The molecule has 0 spiro atoms. The number of fused-ring (bicyclic) bond motifs is 3. The quantitative estimate of drug-likeness (QED) is 0.418. The number of carbonyl (C=O) groups excluding carboxylic acids is 2. The minimum Gasteiger partial charge on any atom is -0.350 e. The minimum absolute atomic E-state index is 0.130. The molecule has 1 aliphatic heterocycles. The molecule has 1 atom stereocenters. The molecule has 1 N–H and O–H groups in total. The topological polar surface area (TPSA) is 54.3 Å². The van der Waals surface area contributed by atoms with Crippen LogP contribution in [0.5, 0.6) is 0 Å². The fourth-order valence-corrected chi connectivity index (χ4v) is 5.38. The molecule has 3 heterocycles. The van der Waals surface area contributed by atoms with Gasteiger partial charge >= 0.3 is 0 Å². The molecule has 168 valence electrons. The third kappa shape index (κ3) is 3.94. The first-order chi connectivity index (χ1) is 15.8. The normalized spacial score (nSPS) is 17.9. The molecule has 2 amide bonds. The summed E-state index contributed by atoms with van der Waals surface area (Å²) in [6.07, 6.45) is 0. The van der Waals surface area contributed by atoms with Crippen molar-refractivity contribution in [3.05, 3.63) is 93.5 Å². The first-order valence-electron chi connectivity index (χ1n) is 10.8. The molecule has 1 unspecified atom stereocenters. The summed E-state index contributed by atoms with van der Waals surface area (Å²) in [5.74, 6) is -0.309. The van der Waals surface area contributed by atoms with Gasteiger partial charge in [0.1, 0.15) is 16.1 Å². The van der Waals surface area contributed by atoms with E-state index in [0.717, 1.165) is 26.9 Å². The van der Waals surface area contributed by atoms with Gasteiger partial charge in [0.05, 0.1) is 6.54 Å². The highest BCUT2D eigenvalue weighted by Gasteiger charge is 2.47. The van der Waals surface area contributed by atoms with Crippen molar-refractivity contribution in [2.75, 3.05) is 0 Å². The number of benzene rings is 2. The van der Waals surface area contributed by atoms with E-state index in [-0.39, 0.29) is 11.8 Å². The van der Waals surface area contributed by atoms with E-state index >= 15 is 0 Å². The molecule has 33 heavy (non-hydrogen) atoms.